The van der Waals surface area contributed by atoms with E-state index in [4.69, 9.17) is 4.74 Å². The molecular formula is C22H31N3O5. The van der Waals surface area contributed by atoms with Crippen molar-refractivity contribution in [3.8, 4) is 5.75 Å². The third kappa shape index (κ3) is 4.59. The van der Waals surface area contributed by atoms with E-state index in [-0.39, 0.29) is 49.3 Å². The second kappa shape index (κ2) is 9.47. The van der Waals surface area contributed by atoms with Gasteiger partial charge in [0.25, 0.3) is 0 Å². The second-order valence-electron chi connectivity index (χ2n) is 8.34. The lowest BCUT2D eigenvalue weighted by atomic mass is 10.00. The Morgan fingerprint density at radius 2 is 1.97 bits per heavy atom. The van der Waals surface area contributed by atoms with Crippen LogP contribution < -0.4 is 15.0 Å². The summed E-state index contributed by atoms with van der Waals surface area (Å²) in [5, 5.41) is 12.4. The quantitative estimate of drug-likeness (QED) is 0.694. The summed E-state index contributed by atoms with van der Waals surface area (Å²) in [6, 6.07) is 6.28. The van der Waals surface area contributed by atoms with Crippen LogP contribution in [0.1, 0.15) is 33.1 Å². The molecule has 3 amide bonds. The van der Waals surface area contributed by atoms with Crippen LogP contribution in [0.2, 0.25) is 0 Å². The Hall–Kier alpha value is -2.61. The van der Waals surface area contributed by atoms with Gasteiger partial charge in [-0.1, -0.05) is 13.8 Å². The zero-order chi connectivity index (χ0) is 21.8. The number of nitrogens with one attached hydrogen (secondary N) is 1. The lowest BCUT2D eigenvalue weighted by Gasteiger charge is -2.31. The molecule has 0 aliphatic carbocycles. The number of carbonyl (C=O) groups excluding carboxylic acids is 3. The van der Waals surface area contributed by atoms with Crippen LogP contribution in [-0.2, 0) is 14.4 Å². The fraction of sp³-hybridized carbons (Fsp3) is 0.591. The van der Waals surface area contributed by atoms with Gasteiger partial charge in [-0.2, -0.15) is 0 Å². The summed E-state index contributed by atoms with van der Waals surface area (Å²) in [4.78, 5) is 41.7. The summed E-state index contributed by atoms with van der Waals surface area (Å²) in [5.41, 5.74) is 0.718. The van der Waals surface area contributed by atoms with E-state index in [1.54, 1.807) is 41.2 Å². The Bertz CT molecular complexity index is 779. The average molecular weight is 418 g/mol. The van der Waals surface area contributed by atoms with Crippen molar-refractivity contribution in [3.63, 3.8) is 0 Å². The second-order valence-corrected chi connectivity index (χ2v) is 8.34. The fourth-order valence-electron chi connectivity index (χ4n) is 4.17. The first-order chi connectivity index (χ1) is 14.3. The summed E-state index contributed by atoms with van der Waals surface area (Å²) in [7, 11) is 1.58. The summed E-state index contributed by atoms with van der Waals surface area (Å²) in [6.07, 6.45) is 1.73. The van der Waals surface area contributed by atoms with Gasteiger partial charge in [0.05, 0.1) is 25.7 Å². The van der Waals surface area contributed by atoms with Crippen molar-refractivity contribution in [3.05, 3.63) is 24.3 Å². The van der Waals surface area contributed by atoms with Crippen molar-refractivity contribution in [2.75, 3.05) is 31.7 Å². The number of amides is 3. The van der Waals surface area contributed by atoms with E-state index in [1.165, 1.54) is 0 Å². The largest absolute Gasteiger partial charge is 0.497 e. The monoisotopic (exact) mass is 417 g/mol. The summed E-state index contributed by atoms with van der Waals surface area (Å²) in [6.45, 7) is 4.57. The van der Waals surface area contributed by atoms with Gasteiger partial charge in [-0.05, 0) is 43.0 Å². The minimum absolute atomic E-state index is 0.0710. The predicted octanol–water partition coefficient (Wildman–Crippen LogP) is 1.17. The minimum atomic E-state index is -0.671. The number of ether oxygens (including phenoxy) is 1. The number of carbonyl (C=O) groups is 3. The molecule has 0 spiro atoms. The van der Waals surface area contributed by atoms with E-state index in [0.29, 0.717) is 12.3 Å². The van der Waals surface area contributed by atoms with Crippen molar-refractivity contribution < 1.29 is 24.2 Å². The first-order valence-electron chi connectivity index (χ1n) is 10.5. The van der Waals surface area contributed by atoms with Gasteiger partial charge in [0.1, 0.15) is 11.8 Å². The van der Waals surface area contributed by atoms with E-state index < -0.39 is 12.0 Å². The van der Waals surface area contributed by atoms with Crippen LogP contribution in [0.25, 0.3) is 0 Å². The Labute approximate surface area is 177 Å². The topological polar surface area (TPSA) is 99.2 Å². The number of hydrogen-bond donors (Lipinski definition) is 2. The number of benzene rings is 1. The molecule has 1 aromatic carbocycles. The molecule has 2 aliphatic heterocycles. The maximum absolute atomic E-state index is 13.0. The van der Waals surface area contributed by atoms with Crippen molar-refractivity contribution in [1.82, 2.24) is 10.2 Å². The fourth-order valence-corrected chi connectivity index (χ4v) is 4.17. The molecule has 1 unspecified atom stereocenters. The van der Waals surface area contributed by atoms with Crippen LogP contribution in [0, 0.1) is 11.8 Å². The molecule has 2 heterocycles. The van der Waals surface area contributed by atoms with Crippen LogP contribution in [0.5, 0.6) is 5.75 Å². The average Bonchev–Trinajstić information content (AvgIpc) is 3.37. The molecule has 0 radical (unpaired) electrons. The molecule has 30 heavy (non-hydrogen) atoms. The van der Waals surface area contributed by atoms with E-state index in [2.05, 4.69) is 5.32 Å². The van der Waals surface area contributed by atoms with Gasteiger partial charge in [0, 0.05) is 25.2 Å². The SMILES string of the molecule is COc1ccc(N2CC(C(=O)N[C@H](C(=O)N3CCC[C@H]3CO)C(C)C)CC2=O)cc1. The molecule has 1 aromatic rings. The van der Waals surface area contributed by atoms with Crippen LogP contribution >= 0.6 is 0 Å². The van der Waals surface area contributed by atoms with Gasteiger partial charge in [0.15, 0.2) is 0 Å². The third-order valence-corrected chi connectivity index (χ3v) is 5.98. The van der Waals surface area contributed by atoms with Gasteiger partial charge in [-0.3, -0.25) is 14.4 Å². The van der Waals surface area contributed by atoms with Gasteiger partial charge in [-0.25, -0.2) is 0 Å². The van der Waals surface area contributed by atoms with E-state index in [9.17, 15) is 19.5 Å². The molecule has 2 N–H and O–H groups in total. The number of methoxy groups -OCH3 is 1. The molecule has 3 rings (SSSR count). The van der Waals surface area contributed by atoms with Crippen molar-refractivity contribution in [2.24, 2.45) is 11.8 Å². The molecule has 2 fully saturated rings. The van der Waals surface area contributed by atoms with Crippen LogP contribution in [-0.4, -0.2) is 66.6 Å². The zero-order valence-electron chi connectivity index (χ0n) is 17.8. The number of rotatable bonds is 7. The third-order valence-electron chi connectivity index (χ3n) is 5.98. The van der Waals surface area contributed by atoms with Crippen molar-refractivity contribution in [1.29, 1.82) is 0 Å². The maximum Gasteiger partial charge on any atom is 0.245 e. The normalized spacial score (nSPS) is 22.5. The Morgan fingerprint density at radius 3 is 2.57 bits per heavy atom. The summed E-state index contributed by atoms with van der Waals surface area (Å²) < 4.78 is 5.15. The summed E-state index contributed by atoms with van der Waals surface area (Å²) >= 11 is 0. The van der Waals surface area contributed by atoms with Crippen LogP contribution in [0.3, 0.4) is 0 Å². The number of hydrogen-bond acceptors (Lipinski definition) is 5. The molecule has 0 aromatic heterocycles. The van der Waals surface area contributed by atoms with E-state index >= 15 is 0 Å². The number of aliphatic hydroxyl groups excluding tert-OH is 1. The van der Waals surface area contributed by atoms with E-state index in [1.807, 2.05) is 13.8 Å². The molecular weight excluding hydrogens is 386 g/mol. The number of aliphatic hydroxyl groups is 1. The molecule has 0 bridgehead atoms. The molecule has 8 heteroatoms. The minimum Gasteiger partial charge on any atom is -0.497 e. The van der Waals surface area contributed by atoms with Gasteiger partial charge < -0.3 is 25.0 Å². The first kappa shape index (κ1) is 22.1. The predicted molar refractivity (Wildman–Crippen MR) is 112 cm³/mol. The lowest BCUT2D eigenvalue weighted by molar-refractivity contribution is -0.139. The molecule has 164 valence electrons. The Balaban J connectivity index is 1.66. The first-order valence-corrected chi connectivity index (χ1v) is 10.5. The highest BCUT2D eigenvalue weighted by molar-refractivity contribution is 6.01. The standard InChI is InChI=1S/C22H31N3O5/c1-14(2)20(22(29)24-10-4-5-17(24)13-26)23-21(28)15-11-19(27)25(12-15)16-6-8-18(30-3)9-7-16/h6-9,14-15,17,20,26H,4-5,10-13H2,1-3H3,(H,23,28)/t15?,17-,20-/m0/s1. The summed E-state index contributed by atoms with van der Waals surface area (Å²) in [5.74, 6) is -0.483. The van der Waals surface area contributed by atoms with Crippen molar-refractivity contribution in [2.45, 2.75) is 45.2 Å². The van der Waals surface area contributed by atoms with Crippen molar-refractivity contribution >= 4 is 23.4 Å². The van der Waals surface area contributed by atoms with E-state index in [0.717, 1.165) is 18.5 Å². The Kier molecular flexibility index (Phi) is 6.97. The smallest absolute Gasteiger partial charge is 0.245 e. The number of anilines is 1. The molecule has 3 atom stereocenters. The number of nitrogens with zero attached hydrogens (tertiary/aromatic N) is 2. The molecule has 0 saturated carbocycles. The molecule has 2 aliphatic rings. The molecule has 2 saturated heterocycles. The lowest BCUT2D eigenvalue weighted by Crippen LogP contribution is -2.54. The highest BCUT2D eigenvalue weighted by Crippen LogP contribution is 2.27. The Morgan fingerprint density at radius 1 is 1.27 bits per heavy atom. The zero-order valence-corrected chi connectivity index (χ0v) is 17.8. The highest BCUT2D eigenvalue weighted by Gasteiger charge is 2.39. The van der Waals surface area contributed by atoms with Gasteiger partial charge in [0.2, 0.25) is 17.7 Å². The molecule has 8 nitrogen and oxygen atoms in total. The van der Waals surface area contributed by atoms with Gasteiger partial charge in [-0.15, -0.1) is 0 Å². The van der Waals surface area contributed by atoms with Gasteiger partial charge >= 0.3 is 0 Å². The number of likely N-dealkylation sites (tertiary alicyclic amines) is 1. The maximum atomic E-state index is 13.0. The van der Waals surface area contributed by atoms with Crippen LogP contribution in [0.15, 0.2) is 24.3 Å². The van der Waals surface area contributed by atoms with Crippen LogP contribution in [0.4, 0.5) is 5.69 Å². The highest BCUT2D eigenvalue weighted by atomic mass is 16.5.